The van der Waals surface area contributed by atoms with Gasteiger partial charge in [-0.25, -0.2) is 4.79 Å². The van der Waals surface area contributed by atoms with Crippen LogP contribution in [0.1, 0.15) is 57.1 Å². The number of benzene rings is 2. The van der Waals surface area contributed by atoms with E-state index in [1.54, 1.807) is 4.90 Å². The molecular formula is C27H32N2O5. The van der Waals surface area contributed by atoms with Gasteiger partial charge < -0.3 is 20.1 Å². The number of rotatable bonds is 8. The lowest BCUT2D eigenvalue weighted by molar-refractivity contribution is -0.166. The lowest BCUT2D eigenvalue weighted by Gasteiger charge is -2.47. The molecule has 1 aliphatic heterocycles. The first-order valence-corrected chi connectivity index (χ1v) is 11.8. The molecule has 0 radical (unpaired) electrons. The highest BCUT2D eigenvalue weighted by molar-refractivity contribution is 5.83. The SMILES string of the molecule is CCC1(C(=O)O)CN(C(=O)CCC(C)(C)NC(=O)OCC2c3ccccc3-c3ccccc32)C1. The summed E-state index contributed by atoms with van der Waals surface area (Å²) in [4.78, 5) is 38.1. The Labute approximate surface area is 200 Å². The summed E-state index contributed by atoms with van der Waals surface area (Å²) in [6, 6.07) is 16.3. The van der Waals surface area contributed by atoms with Crippen LogP contribution in [0.5, 0.6) is 0 Å². The predicted octanol–water partition coefficient (Wildman–Crippen LogP) is 4.41. The number of nitrogens with one attached hydrogen (secondary N) is 1. The average Bonchev–Trinajstić information content (AvgIpc) is 3.09. The summed E-state index contributed by atoms with van der Waals surface area (Å²) in [6.07, 6.45) is 0.648. The van der Waals surface area contributed by atoms with Gasteiger partial charge in [0.1, 0.15) is 12.0 Å². The van der Waals surface area contributed by atoms with E-state index < -0.39 is 23.0 Å². The van der Waals surface area contributed by atoms with Gasteiger partial charge in [-0.3, -0.25) is 9.59 Å². The van der Waals surface area contributed by atoms with E-state index in [0.717, 1.165) is 11.1 Å². The van der Waals surface area contributed by atoms with Crippen molar-refractivity contribution in [2.24, 2.45) is 5.41 Å². The smallest absolute Gasteiger partial charge is 0.407 e. The first-order chi connectivity index (χ1) is 16.2. The van der Waals surface area contributed by atoms with Gasteiger partial charge in [-0.15, -0.1) is 0 Å². The summed E-state index contributed by atoms with van der Waals surface area (Å²) in [5, 5.41) is 12.3. The normalized spacial score (nSPS) is 16.3. The van der Waals surface area contributed by atoms with Gasteiger partial charge in [0.2, 0.25) is 5.91 Å². The van der Waals surface area contributed by atoms with E-state index in [4.69, 9.17) is 4.74 Å². The van der Waals surface area contributed by atoms with Crippen molar-refractivity contribution in [2.45, 2.75) is 51.5 Å². The molecule has 0 bridgehead atoms. The molecular weight excluding hydrogens is 432 g/mol. The molecule has 2 aromatic rings. The van der Waals surface area contributed by atoms with Crippen LogP contribution < -0.4 is 5.32 Å². The van der Waals surface area contributed by atoms with Gasteiger partial charge in [0.25, 0.3) is 0 Å². The zero-order valence-electron chi connectivity index (χ0n) is 20.0. The number of likely N-dealkylation sites (tertiary alicyclic amines) is 1. The van der Waals surface area contributed by atoms with Crippen LogP contribution in [0, 0.1) is 5.41 Å². The van der Waals surface area contributed by atoms with Crippen molar-refractivity contribution in [1.29, 1.82) is 0 Å². The lowest BCUT2D eigenvalue weighted by Crippen LogP contribution is -2.62. The minimum Gasteiger partial charge on any atom is -0.481 e. The van der Waals surface area contributed by atoms with Gasteiger partial charge in [0.05, 0.1) is 0 Å². The molecule has 2 amide bonds. The van der Waals surface area contributed by atoms with Crippen LogP contribution >= 0.6 is 0 Å². The number of carbonyl (C=O) groups is 3. The van der Waals surface area contributed by atoms with E-state index >= 15 is 0 Å². The van der Waals surface area contributed by atoms with Crippen molar-refractivity contribution < 1.29 is 24.2 Å². The summed E-state index contributed by atoms with van der Waals surface area (Å²) < 4.78 is 5.62. The van der Waals surface area contributed by atoms with Crippen LogP contribution in [-0.4, -0.2) is 53.2 Å². The van der Waals surface area contributed by atoms with Crippen LogP contribution in [0.4, 0.5) is 4.79 Å². The number of fused-ring (bicyclic) bond motifs is 3. The topological polar surface area (TPSA) is 95.9 Å². The molecule has 0 spiro atoms. The minimum absolute atomic E-state index is 0.0117. The number of hydrogen-bond donors (Lipinski definition) is 2. The van der Waals surface area contributed by atoms with E-state index in [2.05, 4.69) is 29.6 Å². The molecule has 2 aliphatic rings. The Morgan fingerprint density at radius 3 is 2.15 bits per heavy atom. The Morgan fingerprint density at radius 2 is 1.62 bits per heavy atom. The van der Waals surface area contributed by atoms with E-state index in [1.165, 1.54) is 11.1 Å². The maximum absolute atomic E-state index is 12.6. The number of ether oxygens (including phenoxy) is 1. The molecule has 180 valence electrons. The fraction of sp³-hybridized carbons (Fsp3) is 0.444. The number of carbonyl (C=O) groups excluding carboxylic acids is 2. The molecule has 7 nitrogen and oxygen atoms in total. The molecule has 0 unspecified atom stereocenters. The Hall–Kier alpha value is -3.35. The van der Waals surface area contributed by atoms with Gasteiger partial charge in [-0.2, -0.15) is 0 Å². The minimum atomic E-state index is -0.851. The number of aliphatic carboxylic acids is 1. The second kappa shape index (κ2) is 9.12. The summed E-state index contributed by atoms with van der Waals surface area (Å²) >= 11 is 0. The second-order valence-corrected chi connectivity index (χ2v) is 10.0. The molecule has 34 heavy (non-hydrogen) atoms. The lowest BCUT2D eigenvalue weighted by atomic mass is 9.77. The molecule has 1 aliphatic carbocycles. The van der Waals surface area contributed by atoms with E-state index in [9.17, 15) is 19.5 Å². The number of hydrogen-bond acceptors (Lipinski definition) is 4. The van der Waals surface area contributed by atoms with Crippen molar-refractivity contribution in [2.75, 3.05) is 19.7 Å². The second-order valence-electron chi connectivity index (χ2n) is 10.0. The maximum atomic E-state index is 12.6. The van der Waals surface area contributed by atoms with Crippen LogP contribution in [-0.2, 0) is 14.3 Å². The van der Waals surface area contributed by atoms with Crippen LogP contribution in [0.3, 0.4) is 0 Å². The highest BCUT2D eigenvalue weighted by atomic mass is 16.5. The monoisotopic (exact) mass is 464 g/mol. The molecule has 4 rings (SSSR count). The van der Waals surface area contributed by atoms with Crippen molar-refractivity contribution in [3.8, 4) is 11.1 Å². The Morgan fingerprint density at radius 1 is 1.06 bits per heavy atom. The summed E-state index contributed by atoms with van der Waals surface area (Å²) in [5.41, 5.74) is 3.20. The molecule has 0 saturated carbocycles. The quantitative estimate of drug-likeness (QED) is 0.603. The van der Waals surface area contributed by atoms with Crippen molar-refractivity contribution >= 4 is 18.0 Å². The molecule has 1 heterocycles. The summed E-state index contributed by atoms with van der Waals surface area (Å²) in [6.45, 7) is 6.26. The molecule has 2 aromatic carbocycles. The third-order valence-electron chi connectivity index (χ3n) is 7.22. The summed E-state index contributed by atoms with van der Waals surface area (Å²) in [5.74, 6) is -0.952. The summed E-state index contributed by atoms with van der Waals surface area (Å²) in [7, 11) is 0. The first-order valence-electron chi connectivity index (χ1n) is 11.8. The molecule has 7 heteroatoms. The Bertz CT molecular complexity index is 1060. The number of carboxylic acids is 1. The van der Waals surface area contributed by atoms with Crippen LogP contribution in [0.15, 0.2) is 48.5 Å². The largest absolute Gasteiger partial charge is 0.481 e. The number of carboxylic acid groups (broad SMARTS) is 1. The number of nitrogens with zero attached hydrogens (tertiary/aromatic N) is 1. The number of alkyl carbamates (subject to hydrolysis) is 1. The van der Waals surface area contributed by atoms with E-state index in [0.29, 0.717) is 12.8 Å². The predicted molar refractivity (Wildman–Crippen MR) is 128 cm³/mol. The van der Waals surface area contributed by atoms with E-state index in [-0.39, 0.29) is 37.9 Å². The molecule has 2 N–H and O–H groups in total. The van der Waals surface area contributed by atoms with Gasteiger partial charge >= 0.3 is 12.1 Å². The average molecular weight is 465 g/mol. The first kappa shape index (κ1) is 23.8. The van der Waals surface area contributed by atoms with Crippen molar-refractivity contribution in [1.82, 2.24) is 10.2 Å². The Kier molecular flexibility index (Phi) is 6.39. The van der Waals surface area contributed by atoms with Crippen LogP contribution in [0.25, 0.3) is 11.1 Å². The third kappa shape index (κ3) is 4.52. The molecule has 1 fully saturated rings. The van der Waals surface area contributed by atoms with Crippen LogP contribution in [0.2, 0.25) is 0 Å². The Balaban J connectivity index is 1.28. The van der Waals surface area contributed by atoms with Crippen molar-refractivity contribution in [3.05, 3.63) is 59.7 Å². The molecule has 1 saturated heterocycles. The van der Waals surface area contributed by atoms with Crippen molar-refractivity contribution in [3.63, 3.8) is 0 Å². The molecule has 0 atom stereocenters. The maximum Gasteiger partial charge on any atom is 0.407 e. The fourth-order valence-corrected chi connectivity index (χ4v) is 4.92. The van der Waals surface area contributed by atoms with Gasteiger partial charge in [-0.05, 0) is 48.9 Å². The van der Waals surface area contributed by atoms with Gasteiger partial charge in [-0.1, -0.05) is 55.5 Å². The fourth-order valence-electron chi connectivity index (χ4n) is 4.92. The number of amides is 2. The zero-order chi connectivity index (χ0) is 24.5. The third-order valence-corrected chi connectivity index (χ3v) is 7.22. The van der Waals surface area contributed by atoms with Gasteiger partial charge in [0, 0.05) is 31.0 Å². The highest BCUT2D eigenvalue weighted by Gasteiger charge is 2.49. The highest BCUT2D eigenvalue weighted by Crippen LogP contribution is 2.44. The van der Waals surface area contributed by atoms with Gasteiger partial charge in [0.15, 0.2) is 0 Å². The standard InChI is InChI=1S/C27H32N2O5/c1-4-27(24(31)32)16-29(17-27)23(30)13-14-26(2,3)28-25(33)34-15-22-20-11-7-5-9-18(20)19-10-6-8-12-21(19)22/h5-12,22H,4,13-17H2,1-3H3,(H,28,33)(H,31,32). The van der Waals surface area contributed by atoms with E-state index in [1.807, 2.05) is 45.0 Å². The molecule has 0 aromatic heterocycles. The zero-order valence-corrected chi connectivity index (χ0v) is 20.0.